The Morgan fingerprint density at radius 1 is 0.792 bits per heavy atom. The van der Waals surface area contributed by atoms with Gasteiger partial charge in [-0.15, -0.1) is 0 Å². The van der Waals surface area contributed by atoms with E-state index in [0.717, 1.165) is 32.1 Å². The number of rotatable bonds is 10. The van der Waals surface area contributed by atoms with E-state index < -0.39 is 0 Å². The smallest absolute Gasteiger partial charge is 0.132 e. The van der Waals surface area contributed by atoms with Crippen LogP contribution in [-0.2, 0) is 10.2 Å². The Bertz CT molecular complexity index is 561. The summed E-state index contributed by atoms with van der Waals surface area (Å²) in [6.07, 6.45) is 6.79. The predicted octanol–water partition coefficient (Wildman–Crippen LogP) is 6.31. The maximum absolute atomic E-state index is 12.1. The Balaban J connectivity index is 2.04. The first-order valence-electron chi connectivity index (χ1n) is 9.29. The molecule has 0 saturated carbocycles. The molecule has 0 aromatic heterocycles. The van der Waals surface area contributed by atoms with E-state index in [1.54, 1.807) is 0 Å². The van der Waals surface area contributed by atoms with Crippen molar-refractivity contribution < 1.29 is 4.79 Å². The van der Waals surface area contributed by atoms with Gasteiger partial charge in [0.1, 0.15) is 5.78 Å². The molecule has 0 N–H and O–H groups in total. The van der Waals surface area contributed by atoms with Gasteiger partial charge in [0, 0.05) is 18.3 Å². The molecule has 0 aliphatic heterocycles. The van der Waals surface area contributed by atoms with E-state index in [1.165, 1.54) is 17.5 Å². The van der Waals surface area contributed by atoms with Gasteiger partial charge < -0.3 is 0 Å². The Morgan fingerprint density at radius 3 is 1.79 bits per heavy atom. The summed E-state index contributed by atoms with van der Waals surface area (Å²) in [5, 5.41) is 0. The second-order valence-electron chi connectivity index (χ2n) is 6.91. The molecule has 0 radical (unpaired) electrons. The third kappa shape index (κ3) is 5.06. The van der Waals surface area contributed by atoms with Crippen LogP contribution in [-0.4, -0.2) is 5.78 Å². The lowest BCUT2D eigenvalue weighted by molar-refractivity contribution is -0.119. The molecule has 0 fully saturated rings. The first kappa shape index (κ1) is 18.4. The zero-order valence-corrected chi connectivity index (χ0v) is 15.1. The van der Waals surface area contributed by atoms with Gasteiger partial charge in [0.15, 0.2) is 0 Å². The molecule has 0 spiro atoms. The summed E-state index contributed by atoms with van der Waals surface area (Å²) in [6.45, 7) is 4.48. The average molecular weight is 322 g/mol. The van der Waals surface area contributed by atoms with Crippen LogP contribution in [0.25, 0.3) is 0 Å². The standard InChI is InChI=1S/C23H30O/c1-3-4-7-17-22(24)18-12-19-23(2,20-13-8-5-9-14-20)21-15-10-6-11-16-21/h5-6,8-11,13-16H,3-4,7,12,17-19H2,1-2H3. The van der Waals surface area contributed by atoms with Crippen LogP contribution in [0.5, 0.6) is 0 Å². The molecule has 2 aromatic rings. The topological polar surface area (TPSA) is 17.1 Å². The maximum atomic E-state index is 12.1. The van der Waals surface area contributed by atoms with Crippen LogP contribution >= 0.6 is 0 Å². The minimum absolute atomic E-state index is 0.0355. The lowest BCUT2D eigenvalue weighted by Gasteiger charge is -2.31. The van der Waals surface area contributed by atoms with Crippen LogP contribution in [0, 0.1) is 0 Å². The van der Waals surface area contributed by atoms with Crippen molar-refractivity contribution in [1.82, 2.24) is 0 Å². The van der Waals surface area contributed by atoms with Gasteiger partial charge in [-0.3, -0.25) is 4.79 Å². The van der Waals surface area contributed by atoms with Crippen LogP contribution < -0.4 is 0 Å². The van der Waals surface area contributed by atoms with Gasteiger partial charge in [-0.1, -0.05) is 87.4 Å². The quantitative estimate of drug-likeness (QED) is 0.468. The number of Topliss-reactive ketones (excluding diaryl/α,β-unsaturated/α-hetero) is 1. The summed E-state index contributed by atoms with van der Waals surface area (Å²) in [4.78, 5) is 12.1. The molecule has 0 saturated heterocycles. The maximum Gasteiger partial charge on any atom is 0.132 e. The van der Waals surface area contributed by atoms with Gasteiger partial charge in [0.25, 0.3) is 0 Å². The molecule has 0 bridgehead atoms. The fraction of sp³-hybridized carbons (Fsp3) is 0.435. The lowest BCUT2D eigenvalue weighted by Crippen LogP contribution is -2.24. The molecule has 128 valence electrons. The summed E-state index contributed by atoms with van der Waals surface area (Å²) < 4.78 is 0. The summed E-state index contributed by atoms with van der Waals surface area (Å²) in [5.41, 5.74) is 2.62. The number of ketones is 1. The second-order valence-corrected chi connectivity index (χ2v) is 6.91. The van der Waals surface area contributed by atoms with Crippen LogP contribution in [0.2, 0.25) is 0 Å². The van der Waals surface area contributed by atoms with Crippen molar-refractivity contribution in [3.8, 4) is 0 Å². The van der Waals surface area contributed by atoms with E-state index in [1.807, 2.05) is 0 Å². The molecule has 2 rings (SSSR count). The molecule has 0 heterocycles. The van der Waals surface area contributed by atoms with E-state index in [2.05, 4.69) is 74.5 Å². The van der Waals surface area contributed by atoms with Gasteiger partial charge in [-0.25, -0.2) is 0 Å². The molecule has 0 aliphatic carbocycles. The van der Waals surface area contributed by atoms with E-state index >= 15 is 0 Å². The SMILES string of the molecule is CCCCCC(=O)CCCC(C)(c1ccccc1)c1ccccc1. The van der Waals surface area contributed by atoms with Gasteiger partial charge in [-0.2, -0.15) is 0 Å². The van der Waals surface area contributed by atoms with Gasteiger partial charge in [0.05, 0.1) is 0 Å². The zero-order valence-electron chi connectivity index (χ0n) is 15.1. The molecule has 1 nitrogen and oxygen atoms in total. The first-order valence-corrected chi connectivity index (χ1v) is 9.29. The number of unbranched alkanes of at least 4 members (excludes halogenated alkanes) is 2. The molecule has 0 amide bonds. The fourth-order valence-electron chi connectivity index (χ4n) is 3.40. The zero-order chi connectivity index (χ0) is 17.3. The Kier molecular flexibility index (Phi) is 7.24. The van der Waals surface area contributed by atoms with Crippen molar-refractivity contribution in [3.63, 3.8) is 0 Å². The lowest BCUT2D eigenvalue weighted by atomic mass is 9.72. The number of hydrogen-bond donors (Lipinski definition) is 0. The van der Waals surface area contributed by atoms with Crippen molar-refractivity contribution in [3.05, 3.63) is 71.8 Å². The van der Waals surface area contributed by atoms with E-state index in [4.69, 9.17) is 0 Å². The molecule has 0 aliphatic rings. The van der Waals surface area contributed by atoms with Gasteiger partial charge >= 0.3 is 0 Å². The monoisotopic (exact) mass is 322 g/mol. The van der Waals surface area contributed by atoms with Crippen molar-refractivity contribution in [2.24, 2.45) is 0 Å². The summed E-state index contributed by atoms with van der Waals surface area (Å²) in [5.74, 6) is 0.423. The van der Waals surface area contributed by atoms with E-state index in [-0.39, 0.29) is 5.41 Å². The third-order valence-electron chi connectivity index (χ3n) is 5.01. The molecule has 0 unspecified atom stereocenters. The molecular formula is C23H30O. The van der Waals surface area contributed by atoms with E-state index in [0.29, 0.717) is 12.2 Å². The summed E-state index contributed by atoms with van der Waals surface area (Å²) >= 11 is 0. The number of hydrogen-bond acceptors (Lipinski definition) is 1. The molecule has 1 heteroatoms. The largest absolute Gasteiger partial charge is 0.300 e. The molecule has 24 heavy (non-hydrogen) atoms. The third-order valence-corrected chi connectivity index (χ3v) is 5.01. The highest BCUT2D eigenvalue weighted by Gasteiger charge is 2.28. The molecular weight excluding hydrogens is 292 g/mol. The van der Waals surface area contributed by atoms with Crippen molar-refractivity contribution in [1.29, 1.82) is 0 Å². The Morgan fingerprint density at radius 2 is 1.29 bits per heavy atom. The Hall–Kier alpha value is -1.89. The number of benzene rings is 2. The minimum Gasteiger partial charge on any atom is -0.300 e. The Labute approximate surface area is 147 Å². The normalized spacial score (nSPS) is 11.4. The van der Waals surface area contributed by atoms with Crippen LogP contribution in [0.4, 0.5) is 0 Å². The van der Waals surface area contributed by atoms with E-state index in [9.17, 15) is 4.79 Å². The number of carbonyl (C=O) groups is 1. The van der Waals surface area contributed by atoms with Crippen molar-refractivity contribution in [2.45, 2.75) is 64.2 Å². The van der Waals surface area contributed by atoms with Crippen LogP contribution in [0.1, 0.15) is 69.9 Å². The highest BCUT2D eigenvalue weighted by Crippen LogP contribution is 2.36. The van der Waals surface area contributed by atoms with Crippen molar-refractivity contribution >= 4 is 5.78 Å². The minimum atomic E-state index is -0.0355. The number of carbonyl (C=O) groups excluding carboxylic acids is 1. The van der Waals surface area contributed by atoms with Crippen molar-refractivity contribution in [2.75, 3.05) is 0 Å². The fourth-order valence-corrected chi connectivity index (χ4v) is 3.40. The average Bonchev–Trinajstić information content (AvgIpc) is 2.63. The predicted molar refractivity (Wildman–Crippen MR) is 102 cm³/mol. The molecule has 2 aromatic carbocycles. The van der Waals surface area contributed by atoms with Crippen LogP contribution in [0.3, 0.4) is 0 Å². The highest BCUT2D eigenvalue weighted by molar-refractivity contribution is 5.78. The second kappa shape index (κ2) is 9.42. The summed E-state index contributed by atoms with van der Waals surface area (Å²) in [7, 11) is 0. The van der Waals surface area contributed by atoms with Gasteiger partial charge in [0.2, 0.25) is 0 Å². The summed E-state index contributed by atoms with van der Waals surface area (Å²) in [6, 6.07) is 21.4. The highest BCUT2D eigenvalue weighted by atomic mass is 16.1. The van der Waals surface area contributed by atoms with Gasteiger partial charge in [-0.05, 0) is 30.4 Å². The molecule has 0 atom stereocenters. The first-order chi connectivity index (χ1) is 11.7. The van der Waals surface area contributed by atoms with Crippen LogP contribution in [0.15, 0.2) is 60.7 Å².